The number of halogens is 1. The summed E-state index contributed by atoms with van der Waals surface area (Å²) < 4.78 is 22.5. The fraction of sp³-hybridized carbons (Fsp3) is 0.588. The van der Waals surface area contributed by atoms with Crippen molar-refractivity contribution in [3.05, 3.63) is 24.0 Å². The lowest BCUT2D eigenvalue weighted by atomic mass is 9.84. The first-order chi connectivity index (χ1) is 10.6. The molecule has 3 rings (SSSR count). The van der Waals surface area contributed by atoms with Gasteiger partial charge in [0.1, 0.15) is 5.78 Å². The number of hydrogen-bond donors (Lipinski definition) is 0. The summed E-state index contributed by atoms with van der Waals surface area (Å²) in [5.41, 5.74) is 0. The first-order valence-electron chi connectivity index (χ1n) is 7.65. The molecule has 22 heavy (non-hydrogen) atoms. The summed E-state index contributed by atoms with van der Waals surface area (Å²) in [6, 6.07) is 5.12. The summed E-state index contributed by atoms with van der Waals surface area (Å²) in [6.07, 6.45) is 4.12. The lowest BCUT2D eigenvalue weighted by Gasteiger charge is -2.28. The number of ether oxygens (including phenoxy) is 2. The van der Waals surface area contributed by atoms with Crippen LogP contribution in [0.2, 0.25) is 0 Å². The highest BCUT2D eigenvalue weighted by Gasteiger charge is 2.36. The second-order valence-electron chi connectivity index (χ2n) is 5.85. The maximum Gasteiger partial charge on any atom is 0.196 e. The highest BCUT2D eigenvalue weighted by Crippen LogP contribution is 2.33. The Balaban J connectivity index is 0.000000160. The second kappa shape index (κ2) is 7.58. The number of nitrogens with zero attached hydrogens (tertiary/aromatic N) is 1. The van der Waals surface area contributed by atoms with Crippen LogP contribution in [0.5, 0.6) is 11.5 Å². The average molecular weight is 309 g/mol. The molecule has 2 unspecified atom stereocenters. The normalized spacial score (nSPS) is 24.3. The molecule has 5 heteroatoms. The zero-order valence-corrected chi connectivity index (χ0v) is 13.5. The van der Waals surface area contributed by atoms with Crippen LogP contribution in [-0.2, 0) is 4.79 Å². The zero-order chi connectivity index (χ0) is 16.1. The molecule has 4 nitrogen and oxygen atoms in total. The van der Waals surface area contributed by atoms with Gasteiger partial charge < -0.3 is 14.4 Å². The van der Waals surface area contributed by atoms with Gasteiger partial charge in [0, 0.05) is 18.9 Å². The Labute approximate surface area is 131 Å². The maximum absolute atomic E-state index is 12.8. The van der Waals surface area contributed by atoms with E-state index in [4.69, 9.17) is 9.47 Å². The van der Waals surface area contributed by atoms with E-state index in [1.165, 1.54) is 33.3 Å². The predicted octanol–water partition coefficient (Wildman–Crippen LogP) is 2.90. The highest BCUT2D eigenvalue weighted by atomic mass is 19.1. The SMILES string of the molecule is CN1CCC2CCC(=O)CC21.COc1cccc(F)c1OC. The lowest BCUT2D eigenvalue weighted by molar-refractivity contribution is -0.122. The lowest BCUT2D eigenvalue weighted by Crippen LogP contribution is -2.35. The number of ketones is 1. The van der Waals surface area contributed by atoms with Crippen molar-refractivity contribution in [3.63, 3.8) is 0 Å². The standard InChI is InChI=1S/C9H15NO.C8H9FO2/c1-10-5-4-7-2-3-8(11)6-9(7)10;1-10-7-5-3-4-6(9)8(7)11-2/h7,9H,2-6H2,1H3;3-5H,1-2H3. The number of fused-ring (bicyclic) bond motifs is 1. The quantitative estimate of drug-likeness (QED) is 0.842. The number of hydrogen-bond acceptors (Lipinski definition) is 4. The van der Waals surface area contributed by atoms with E-state index < -0.39 is 5.82 Å². The van der Waals surface area contributed by atoms with Crippen molar-refractivity contribution < 1.29 is 18.7 Å². The molecular weight excluding hydrogens is 285 g/mol. The molecule has 1 saturated heterocycles. The van der Waals surface area contributed by atoms with Crippen molar-refractivity contribution in [1.29, 1.82) is 0 Å². The number of rotatable bonds is 2. The van der Waals surface area contributed by atoms with Crippen molar-refractivity contribution in [2.75, 3.05) is 27.8 Å². The molecule has 122 valence electrons. The van der Waals surface area contributed by atoms with E-state index in [-0.39, 0.29) is 5.75 Å². The third-order valence-electron chi connectivity index (χ3n) is 4.55. The molecule has 0 spiro atoms. The van der Waals surface area contributed by atoms with Gasteiger partial charge in [-0.1, -0.05) is 6.07 Å². The van der Waals surface area contributed by atoms with Crippen LogP contribution >= 0.6 is 0 Å². The van der Waals surface area contributed by atoms with Crippen LogP contribution in [-0.4, -0.2) is 44.5 Å². The summed E-state index contributed by atoms with van der Waals surface area (Å²) in [4.78, 5) is 13.5. The molecule has 0 radical (unpaired) electrons. The van der Waals surface area contributed by atoms with Gasteiger partial charge in [0.05, 0.1) is 14.2 Å². The van der Waals surface area contributed by atoms with Crippen LogP contribution in [0.4, 0.5) is 4.39 Å². The van der Waals surface area contributed by atoms with E-state index in [1.807, 2.05) is 0 Å². The minimum absolute atomic E-state index is 0.148. The largest absolute Gasteiger partial charge is 0.493 e. The van der Waals surface area contributed by atoms with Crippen molar-refractivity contribution in [3.8, 4) is 11.5 Å². The van der Waals surface area contributed by atoms with Gasteiger partial charge in [-0.25, -0.2) is 4.39 Å². The van der Waals surface area contributed by atoms with E-state index in [9.17, 15) is 9.18 Å². The number of benzene rings is 1. The molecule has 1 aromatic carbocycles. The minimum atomic E-state index is -0.410. The van der Waals surface area contributed by atoms with E-state index in [0.717, 1.165) is 25.2 Å². The van der Waals surface area contributed by atoms with Gasteiger partial charge in [0.25, 0.3) is 0 Å². The van der Waals surface area contributed by atoms with Gasteiger partial charge in [-0.05, 0) is 44.5 Å². The van der Waals surface area contributed by atoms with E-state index in [0.29, 0.717) is 17.6 Å². The highest BCUT2D eigenvalue weighted by molar-refractivity contribution is 5.80. The van der Waals surface area contributed by atoms with Gasteiger partial charge in [-0.3, -0.25) is 4.79 Å². The van der Waals surface area contributed by atoms with Gasteiger partial charge in [-0.15, -0.1) is 0 Å². The third kappa shape index (κ3) is 3.77. The van der Waals surface area contributed by atoms with Gasteiger partial charge >= 0.3 is 0 Å². The Kier molecular flexibility index (Phi) is 5.77. The van der Waals surface area contributed by atoms with Crippen LogP contribution in [0.1, 0.15) is 25.7 Å². The monoisotopic (exact) mass is 309 g/mol. The van der Waals surface area contributed by atoms with Crippen LogP contribution in [0.25, 0.3) is 0 Å². The molecule has 0 bridgehead atoms. The zero-order valence-electron chi connectivity index (χ0n) is 13.5. The Morgan fingerprint density at radius 2 is 2.00 bits per heavy atom. The number of likely N-dealkylation sites (tertiary alicyclic amines) is 1. The van der Waals surface area contributed by atoms with Crippen molar-refractivity contribution in [2.24, 2.45) is 5.92 Å². The van der Waals surface area contributed by atoms with Crippen LogP contribution in [0, 0.1) is 11.7 Å². The molecule has 2 aliphatic rings. The average Bonchev–Trinajstić information content (AvgIpc) is 2.88. The molecule has 1 aromatic rings. The summed E-state index contributed by atoms with van der Waals surface area (Å²) >= 11 is 0. The van der Waals surface area contributed by atoms with Gasteiger partial charge in [0.15, 0.2) is 17.3 Å². The molecule has 1 aliphatic heterocycles. The van der Waals surface area contributed by atoms with Crippen LogP contribution in [0.15, 0.2) is 18.2 Å². The van der Waals surface area contributed by atoms with Crippen molar-refractivity contribution >= 4 is 5.78 Å². The smallest absolute Gasteiger partial charge is 0.196 e. The van der Waals surface area contributed by atoms with Crippen molar-refractivity contribution in [2.45, 2.75) is 31.7 Å². The molecule has 0 aromatic heterocycles. The topological polar surface area (TPSA) is 38.8 Å². The molecule has 0 amide bonds. The molecule has 2 atom stereocenters. The minimum Gasteiger partial charge on any atom is -0.493 e. The van der Waals surface area contributed by atoms with Crippen LogP contribution in [0.3, 0.4) is 0 Å². The number of methoxy groups -OCH3 is 2. The number of carbonyl (C=O) groups excluding carboxylic acids is 1. The summed E-state index contributed by atoms with van der Waals surface area (Å²) in [5.74, 6) is 1.45. The molecule has 1 saturated carbocycles. The van der Waals surface area contributed by atoms with Gasteiger partial charge in [-0.2, -0.15) is 0 Å². The second-order valence-corrected chi connectivity index (χ2v) is 5.85. The molecule has 0 N–H and O–H groups in total. The molecule has 1 aliphatic carbocycles. The Morgan fingerprint density at radius 1 is 1.23 bits per heavy atom. The maximum atomic E-state index is 12.8. The fourth-order valence-corrected chi connectivity index (χ4v) is 3.28. The fourth-order valence-electron chi connectivity index (χ4n) is 3.28. The summed E-state index contributed by atoms with van der Waals surface area (Å²) in [6.45, 7) is 1.20. The molecule has 1 heterocycles. The molecule has 2 fully saturated rings. The number of para-hydroxylation sites is 1. The van der Waals surface area contributed by atoms with Crippen LogP contribution < -0.4 is 9.47 Å². The predicted molar refractivity (Wildman–Crippen MR) is 82.9 cm³/mol. The Hall–Kier alpha value is -1.62. The van der Waals surface area contributed by atoms with Crippen molar-refractivity contribution in [1.82, 2.24) is 4.90 Å². The van der Waals surface area contributed by atoms with E-state index in [1.54, 1.807) is 12.1 Å². The summed E-state index contributed by atoms with van der Waals surface area (Å²) in [5, 5.41) is 0. The number of carbonyl (C=O) groups is 1. The first kappa shape index (κ1) is 16.7. The third-order valence-corrected chi connectivity index (χ3v) is 4.55. The Bertz CT molecular complexity index is 521. The van der Waals surface area contributed by atoms with E-state index in [2.05, 4.69) is 11.9 Å². The molecular formula is C17H24FNO3. The number of Topliss-reactive ketones (excluding diaryl/α,β-unsaturated/α-hetero) is 1. The first-order valence-corrected chi connectivity index (χ1v) is 7.65. The van der Waals surface area contributed by atoms with E-state index >= 15 is 0 Å². The summed E-state index contributed by atoms with van der Waals surface area (Å²) in [7, 11) is 5.02. The Morgan fingerprint density at radius 3 is 2.64 bits per heavy atom. The van der Waals surface area contributed by atoms with Gasteiger partial charge in [0.2, 0.25) is 0 Å².